The summed E-state index contributed by atoms with van der Waals surface area (Å²) in [5.41, 5.74) is 2.66. The highest BCUT2D eigenvalue weighted by molar-refractivity contribution is 6.31. The fraction of sp³-hybridized carbons (Fsp3) is 0.647. The lowest BCUT2D eigenvalue weighted by Crippen LogP contribution is -2.40. The van der Waals surface area contributed by atoms with Gasteiger partial charge in [0, 0.05) is 10.6 Å². The molecule has 0 bridgehead atoms. The first-order valence-corrected chi connectivity index (χ1v) is 7.57. The predicted octanol–water partition coefficient (Wildman–Crippen LogP) is 4.85. The van der Waals surface area contributed by atoms with Crippen molar-refractivity contribution in [2.45, 2.75) is 53.5 Å². The van der Waals surface area contributed by atoms with Crippen molar-refractivity contribution in [3.8, 4) is 0 Å². The molecule has 0 aromatic heterocycles. The molecule has 1 rings (SSSR count). The Morgan fingerprint density at radius 3 is 2.32 bits per heavy atom. The highest BCUT2D eigenvalue weighted by Gasteiger charge is 2.18. The van der Waals surface area contributed by atoms with Gasteiger partial charge in [-0.25, -0.2) is 0 Å². The Morgan fingerprint density at radius 1 is 1.21 bits per heavy atom. The van der Waals surface area contributed by atoms with Crippen molar-refractivity contribution in [3.05, 3.63) is 34.3 Å². The summed E-state index contributed by atoms with van der Waals surface area (Å²) in [5.74, 6) is 1.26. The van der Waals surface area contributed by atoms with Crippen molar-refractivity contribution < 1.29 is 0 Å². The summed E-state index contributed by atoms with van der Waals surface area (Å²) in [7, 11) is 0. The van der Waals surface area contributed by atoms with Gasteiger partial charge in [-0.1, -0.05) is 37.6 Å². The summed E-state index contributed by atoms with van der Waals surface area (Å²) in [6, 6.07) is 6.38. The van der Waals surface area contributed by atoms with Gasteiger partial charge in [0.25, 0.3) is 0 Å². The van der Waals surface area contributed by atoms with Crippen molar-refractivity contribution in [1.29, 1.82) is 0 Å². The van der Waals surface area contributed by atoms with Crippen LogP contribution in [0, 0.1) is 18.8 Å². The highest BCUT2D eigenvalue weighted by Crippen LogP contribution is 2.24. The van der Waals surface area contributed by atoms with Gasteiger partial charge in [-0.2, -0.15) is 0 Å². The fourth-order valence-electron chi connectivity index (χ4n) is 2.08. The molecule has 2 heteroatoms. The Labute approximate surface area is 123 Å². The number of nitrogens with one attached hydrogen (secondary N) is 1. The third kappa shape index (κ3) is 5.97. The summed E-state index contributed by atoms with van der Waals surface area (Å²) in [4.78, 5) is 0. The lowest BCUT2D eigenvalue weighted by molar-refractivity contribution is 0.312. The van der Waals surface area contributed by atoms with Crippen LogP contribution in [0.2, 0.25) is 5.02 Å². The molecule has 0 saturated heterocycles. The molecule has 1 aromatic carbocycles. The molecule has 0 amide bonds. The maximum atomic E-state index is 6.35. The second-order valence-corrected chi connectivity index (χ2v) is 7.34. The molecule has 0 heterocycles. The van der Waals surface area contributed by atoms with Crippen LogP contribution in [0.5, 0.6) is 0 Å². The topological polar surface area (TPSA) is 12.0 Å². The molecule has 1 N–H and O–H groups in total. The highest BCUT2D eigenvalue weighted by atomic mass is 35.5. The summed E-state index contributed by atoms with van der Waals surface area (Å²) < 4.78 is 0. The molecule has 0 saturated carbocycles. The number of benzene rings is 1. The number of aryl methyl sites for hydroxylation is 1. The normalized spacial score (nSPS) is 13.9. The molecule has 0 aliphatic heterocycles. The molecule has 108 valence electrons. The zero-order valence-corrected chi connectivity index (χ0v) is 13.9. The zero-order chi connectivity index (χ0) is 14.6. The Kier molecular flexibility index (Phi) is 5.88. The largest absolute Gasteiger partial charge is 0.312 e. The van der Waals surface area contributed by atoms with Gasteiger partial charge >= 0.3 is 0 Å². The first kappa shape index (κ1) is 16.5. The van der Waals surface area contributed by atoms with E-state index in [1.165, 1.54) is 11.1 Å². The molecular weight excluding hydrogens is 254 g/mol. The van der Waals surface area contributed by atoms with E-state index in [1.54, 1.807) is 0 Å². The molecule has 0 aliphatic carbocycles. The SMILES string of the molecule is Cc1ccc(CC(CNC(C)(C)C)C(C)C)c(Cl)c1. The van der Waals surface area contributed by atoms with Crippen LogP contribution in [0.15, 0.2) is 18.2 Å². The Bertz CT molecular complexity index is 404. The first-order valence-electron chi connectivity index (χ1n) is 7.19. The van der Waals surface area contributed by atoms with Crippen molar-refractivity contribution in [1.82, 2.24) is 5.32 Å². The maximum absolute atomic E-state index is 6.35. The van der Waals surface area contributed by atoms with Crippen LogP contribution in [0.1, 0.15) is 45.7 Å². The van der Waals surface area contributed by atoms with E-state index in [2.05, 4.69) is 65.1 Å². The standard InChI is InChI=1S/C17H28ClN/c1-12(2)15(11-19-17(4,5)6)10-14-8-7-13(3)9-16(14)18/h7-9,12,15,19H,10-11H2,1-6H3. The quantitative estimate of drug-likeness (QED) is 0.813. The van der Waals surface area contributed by atoms with Crippen molar-refractivity contribution >= 4 is 11.6 Å². The summed E-state index contributed by atoms with van der Waals surface area (Å²) in [6.07, 6.45) is 1.04. The van der Waals surface area contributed by atoms with Gasteiger partial charge in [0.05, 0.1) is 0 Å². The molecule has 1 unspecified atom stereocenters. The van der Waals surface area contributed by atoms with E-state index in [4.69, 9.17) is 11.6 Å². The fourth-order valence-corrected chi connectivity index (χ4v) is 2.39. The van der Waals surface area contributed by atoms with Crippen LogP contribution < -0.4 is 5.32 Å². The van der Waals surface area contributed by atoms with E-state index in [1.807, 2.05) is 0 Å². The molecule has 0 radical (unpaired) electrons. The van der Waals surface area contributed by atoms with Crippen molar-refractivity contribution in [3.63, 3.8) is 0 Å². The van der Waals surface area contributed by atoms with E-state index in [-0.39, 0.29) is 5.54 Å². The Hall–Kier alpha value is -0.530. The van der Waals surface area contributed by atoms with Gasteiger partial charge in [-0.05, 0) is 69.7 Å². The van der Waals surface area contributed by atoms with E-state index < -0.39 is 0 Å². The summed E-state index contributed by atoms with van der Waals surface area (Å²) >= 11 is 6.35. The van der Waals surface area contributed by atoms with Crippen molar-refractivity contribution in [2.75, 3.05) is 6.54 Å². The first-order chi connectivity index (χ1) is 8.69. The third-order valence-corrected chi connectivity index (χ3v) is 3.88. The number of rotatable bonds is 5. The van der Waals surface area contributed by atoms with Crippen LogP contribution in [0.25, 0.3) is 0 Å². The van der Waals surface area contributed by atoms with Crippen LogP contribution in [0.3, 0.4) is 0 Å². The third-order valence-electron chi connectivity index (χ3n) is 3.53. The van der Waals surface area contributed by atoms with E-state index >= 15 is 0 Å². The second-order valence-electron chi connectivity index (χ2n) is 6.93. The van der Waals surface area contributed by atoms with Gasteiger partial charge < -0.3 is 5.32 Å². The van der Waals surface area contributed by atoms with E-state index in [9.17, 15) is 0 Å². The average molecular weight is 282 g/mol. The van der Waals surface area contributed by atoms with Gasteiger partial charge in [-0.15, -0.1) is 0 Å². The molecule has 0 spiro atoms. The molecule has 0 aliphatic rings. The van der Waals surface area contributed by atoms with Crippen LogP contribution in [-0.4, -0.2) is 12.1 Å². The molecule has 1 aromatic rings. The zero-order valence-electron chi connectivity index (χ0n) is 13.2. The lowest BCUT2D eigenvalue weighted by atomic mass is 9.88. The molecular formula is C17H28ClN. The number of hydrogen-bond acceptors (Lipinski definition) is 1. The van der Waals surface area contributed by atoms with Gasteiger partial charge in [-0.3, -0.25) is 0 Å². The minimum atomic E-state index is 0.171. The van der Waals surface area contributed by atoms with E-state index in [0.717, 1.165) is 18.0 Å². The lowest BCUT2D eigenvalue weighted by Gasteiger charge is -2.28. The van der Waals surface area contributed by atoms with E-state index in [0.29, 0.717) is 11.8 Å². The predicted molar refractivity (Wildman–Crippen MR) is 86.0 cm³/mol. The maximum Gasteiger partial charge on any atom is 0.0440 e. The monoisotopic (exact) mass is 281 g/mol. The average Bonchev–Trinajstić information content (AvgIpc) is 2.24. The molecule has 1 atom stereocenters. The number of halogens is 1. The smallest absolute Gasteiger partial charge is 0.0440 e. The molecule has 0 fully saturated rings. The van der Waals surface area contributed by atoms with Gasteiger partial charge in [0.15, 0.2) is 0 Å². The van der Waals surface area contributed by atoms with Crippen LogP contribution in [-0.2, 0) is 6.42 Å². The Morgan fingerprint density at radius 2 is 1.84 bits per heavy atom. The Balaban J connectivity index is 2.73. The summed E-state index contributed by atoms with van der Waals surface area (Å²) in [5, 5.41) is 4.52. The number of hydrogen-bond donors (Lipinski definition) is 1. The second kappa shape index (κ2) is 6.76. The minimum Gasteiger partial charge on any atom is -0.312 e. The minimum absolute atomic E-state index is 0.171. The van der Waals surface area contributed by atoms with Gasteiger partial charge in [0.2, 0.25) is 0 Å². The van der Waals surface area contributed by atoms with Crippen LogP contribution in [0.4, 0.5) is 0 Å². The van der Waals surface area contributed by atoms with Crippen LogP contribution >= 0.6 is 11.6 Å². The van der Waals surface area contributed by atoms with Crippen molar-refractivity contribution in [2.24, 2.45) is 11.8 Å². The van der Waals surface area contributed by atoms with Gasteiger partial charge in [0.1, 0.15) is 0 Å². The molecule has 19 heavy (non-hydrogen) atoms. The summed E-state index contributed by atoms with van der Waals surface area (Å²) in [6.45, 7) is 14.3. The molecule has 1 nitrogen and oxygen atoms in total.